The number of anilines is 1. The number of ether oxygens (including phenoxy) is 2. The van der Waals surface area contributed by atoms with Gasteiger partial charge in [-0.3, -0.25) is 0 Å². The van der Waals surface area contributed by atoms with Crippen LogP contribution in [0.3, 0.4) is 0 Å². The van der Waals surface area contributed by atoms with Crippen LogP contribution in [0.1, 0.15) is 5.56 Å². The third kappa shape index (κ3) is 4.19. The molecule has 0 aliphatic carbocycles. The number of alkyl halides is 3. The topological polar surface area (TPSA) is 44.5 Å². The maximum atomic E-state index is 12.0. The van der Waals surface area contributed by atoms with Crippen LogP contribution in [0.4, 0.5) is 18.9 Å². The van der Waals surface area contributed by atoms with Crippen molar-refractivity contribution in [2.75, 3.05) is 5.73 Å². The molecule has 2 rings (SSSR count). The highest BCUT2D eigenvalue weighted by molar-refractivity contribution is 6.33. The summed E-state index contributed by atoms with van der Waals surface area (Å²) in [6, 6.07) is 8.26. The van der Waals surface area contributed by atoms with E-state index in [9.17, 15) is 13.2 Å². The first-order valence-electron chi connectivity index (χ1n) is 5.84. The van der Waals surface area contributed by atoms with Crippen LogP contribution < -0.4 is 15.2 Å². The first kappa shape index (κ1) is 15.3. The predicted octanol–water partition coefficient (Wildman–Crippen LogP) is 4.92. The van der Waals surface area contributed by atoms with Crippen molar-refractivity contribution in [3.05, 3.63) is 47.0 Å². The van der Waals surface area contributed by atoms with Crippen molar-refractivity contribution in [2.45, 2.75) is 13.3 Å². The summed E-state index contributed by atoms with van der Waals surface area (Å²) in [7, 11) is 0. The van der Waals surface area contributed by atoms with Crippen LogP contribution in [0.15, 0.2) is 36.4 Å². The van der Waals surface area contributed by atoms with Crippen LogP contribution >= 0.6 is 11.6 Å². The Balaban J connectivity index is 2.14. The molecule has 2 aromatic rings. The van der Waals surface area contributed by atoms with Crippen molar-refractivity contribution < 1.29 is 22.6 Å². The van der Waals surface area contributed by atoms with Crippen LogP contribution in [0, 0.1) is 6.92 Å². The molecule has 0 amide bonds. The predicted molar refractivity (Wildman–Crippen MR) is 73.8 cm³/mol. The second kappa shape index (κ2) is 5.73. The third-order valence-corrected chi connectivity index (χ3v) is 2.92. The van der Waals surface area contributed by atoms with Gasteiger partial charge >= 0.3 is 6.36 Å². The number of nitrogen functional groups attached to an aromatic ring is 1. The Kier molecular flexibility index (Phi) is 4.18. The number of benzene rings is 2. The SMILES string of the molecule is Cc1cc(Oc2ccc(OC(F)(F)F)cc2)cc(Cl)c1N. The minimum Gasteiger partial charge on any atom is -0.457 e. The lowest BCUT2D eigenvalue weighted by molar-refractivity contribution is -0.274. The quantitative estimate of drug-likeness (QED) is 0.817. The molecule has 2 aromatic carbocycles. The monoisotopic (exact) mass is 317 g/mol. The summed E-state index contributed by atoms with van der Waals surface area (Å²) < 4.78 is 45.4. The van der Waals surface area contributed by atoms with Gasteiger partial charge in [0.25, 0.3) is 0 Å². The zero-order valence-electron chi connectivity index (χ0n) is 10.9. The van der Waals surface area contributed by atoms with Crippen molar-refractivity contribution in [1.29, 1.82) is 0 Å². The Bertz CT molecular complexity index is 619. The normalized spacial score (nSPS) is 11.3. The molecule has 0 saturated carbocycles. The van der Waals surface area contributed by atoms with E-state index in [2.05, 4.69) is 4.74 Å². The summed E-state index contributed by atoms with van der Waals surface area (Å²) in [5, 5.41) is 0.349. The largest absolute Gasteiger partial charge is 0.573 e. The standard InChI is InChI=1S/C14H11ClF3NO2/c1-8-6-11(7-12(15)13(8)19)20-9-2-4-10(5-3-9)21-14(16,17)18/h2-7H,19H2,1H3. The van der Waals surface area contributed by atoms with Gasteiger partial charge in [-0.15, -0.1) is 13.2 Å². The van der Waals surface area contributed by atoms with Gasteiger partial charge in [0.2, 0.25) is 0 Å². The average molecular weight is 318 g/mol. The number of aryl methyl sites for hydroxylation is 1. The summed E-state index contributed by atoms with van der Waals surface area (Å²) in [4.78, 5) is 0. The molecule has 0 unspecified atom stereocenters. The van der Waals surface area contributed by atoms with Crippen molar-refractivity contribution >= 4 is 17.3 Å². The van der Waals surface area contributed by atoms with Gasteiger partial charge in [-0.05, 0) is 42.8 Å². The van der Waals surface area contributed by atoms with Crippen LogP contribution in [-0.4, -0.2) is 6.36 Å². The van der Waals surface area contributed by atoms with E-state index in [4.69, 9.17) is 22.1 Å². The van der Waals surface area contributed by atoms with E-state index in [-0.39, 0.29) is 5.75 Å². The molecule has 0 aliphatic heterocycles. The number of rotatable bonds is 3. The van der Waals surface area contributed by atoms with E-state index in [0.717, 1.165) is 17.7 Å². The number of halogens is 4. The molecule has 7 heteroatoms. The Morgan fingerprint density at radius 1 is 1.00 bits per heavy atom. The maximum absolute atomic E-state index is 12.0. The Morgan fingerprint density at radius 3 is 2.10 bits per heavy atom. The van der Waals surface area contributed by atoms with Gasteiger partial charge in [-0.2, -0.15) is 0 Å². The summed E-state index contributed by atoms with van der Waals surface area (Å²) in [6.07, 6.45) is -4.72. The van der Waals surface area contributed by atoms with E-state index in [1.54, 1.807) is 13.0 Å². The van der Waals surface area contributed by atoms with Crippen molar-refractivity contribution in [2.24, 2.45) is 0 Å². The lowest BCUT2D eigenvalue weighted by Gasteiger charge is -2.11. The van der Waals surface area contributed by atoms with Crippen LogP contribution in [0.25, 0.3) is 0 Å². The summed E-state index contributed by atoms with van der Waals surface area (Å²) in [5.74, 6) is 0.474. The van der Waals surface area contributed by atoms with Gasteiger partial charge in [0, 0.05) is 6.07 Å². The molecule has 0 aromatic heterocycles. The fourth-order valence-corrected chi connectivity index (χ4v) is 1.88. The van der Waals surface area contributed by atoms with E-state index >= 15 is 0 Å². The molecule has 0 saturated heterocycles. The molecule has 0 atom stereocenters. The molecule has 0 fully saturated rings. The highest BCUT2D eigenvalue weighted by Gasteiger charge is 2.30. The molecule has 112 valence electrons. The van der Waals surface area contributed by atoms with E-state index in [1.807, 2.05) is 0 Å². The molecule has 0 heterocycles. The van der Waals surface area contributed by atoms with E-state index < -0.39 is 6.36 Å². The number of hydrogen-bond donors (Lipinski definition) is 1. The molecular formula is C14H11ClF3NO2. The highest BCUT2D eigenvalue weighted by atomic mass is 35.5. The lowest BCUT2D eigenvalue weighted by Crippen LogP contribution is -2.16. The van der Waals surface area contributed by atoms with Crippen molar-refractivity contribution in [1.82, 2.24) is 0 Å². The summed E-state index contributed by atoms with van der Waals surface area (Å²) >= 11 is 5.93. The Morgan fingerprint density at radius 2 is 1.57 bits per heavy atom. The summed E-state index contributed by atoms with van der Waals surface area (Å²) in [6.45, 7) is 1.77. The second-order valence-corrected chi connectivity index (χ2v) is 4.66. The van der Waals surface area contributed by atoms with Crippen molar-refractivity contribution in [3.63, 3.8) is 0 Å². The fraction of sp³-hybridized carbons (Fsp3) is 0.143. The molecular weight excluding hydrogens is 307 g/mol. The van der Waals surface area contributed by atoms with Gasteiger partial charge < -0.3 is 15.2 Å². The molecule has 0 radical (unpaired) electrons. The van der Waals surface area contributed by atoms with Gasteiger partial charge in [-0.1, -0.05) is 11.6 Å². The van der Waals surface area contributed by atoms with E-state index in [1.165, 1.54) is 18.2 Å². The first-order valence-corrected chi connectivity index (χ1v) is 6.22. The Hall–Kier alpha value is -2.08. The van der Waals surface area contributed by atoms with Crippen molar-refractivity contribution in [3.8, 4) is 17.2 Å². The average Bonchev–Trinajstić information content (AvgIpc) is 2.36. The van der Waals surface area contributed by atoms with E-state index in [0.29, 0.717) is 22.2 Å². The molecule has 21 heavy (non-hydrogen) atoms. The third-order valence-electron chi connectivity index (χ3n) is 2.60. The van der Waals surface area contributed by atoms with Gasteiger partial charge in [0.05, 0.1) is 10.7 Å². The zero-order chi connectivity index (χ0) is 15.6. The lowest BCUT2D eigenvalue weighted by atomic mass is 10.2. The van der Waals surface area contributed by atoms with Gasteiger partial charge in [-0.25, -0.2) is 0 Å². The zero-order valence-corrected chi connectivity index (χ0v) is 11.6. The molecule has 3 nitrogen and oxygen atoms in total. The molecule has 0 bridgehead atoms. The van der Waals surface area contributed by atoms with Crippen LogP contribution in [0.2, 0.25) is 5.02 Å². The van der Waals surface area contributed by atoms with Crippen LogP contribution in [-0.2, 0) is 0 Å². The maximum Gasteiger partial charge on any atom is 0.573 e. The molecule has 0 spiro atoms. The molecule has 2 N–H and O–H groups in total. The fourth-order valence-electron chi connectivity index (χ4n) is 1.63. The smallest absolute Gasteiger partial charge is 0.457 e. The van der Waals surface area contributed by atoms with Gasteiger partial charge in [0.15, 0.2) is 0 Å². The minimum atomic E-state index is -4.72. The minimum absolute atomic E-state index is 0.318. The van der Waals surface area contributed by atoms with Gasteiger partial charge in [0.1, 0.15) is 17.2 Å². The first-order chi connectivity index (χ1) is 9.74. The van der Waals surface area contributed by atoms with Crippen LogP contribution in [0.5, 0.6) is 17.2 Å². The summed E-state index contributed by atoms with van der Waals surface area (Å²) in [5.41, 5.74) is 6.91. The second-order valence-electron chi connectivity index (χ2n) is 4.26. The number of hydrogen-bond acceptors (Lipinski definition) is 3. The number of nitrogens with two attached hydrogens (primary N) is 1. The highest BCUT2D eigenvalue weighted by Crippen LogP contribution is 2.32. The molecule has 0 aliphatic rings. The Labute approximate surface area is 124 Å².